The van der Waals surface area contributed by atoms with Crippen LogP contribution in [0.5, 0.6) is 0 Å². The highest BCUT2D eigenvalue weighted by Gasteiger charge is 2.15. The smallest absolute Gasteiger partial charge is 0.214 e. The van der Waals surface area contributed by atoms with Crippen molar-refractivity contribution in [2.45, 2.75) is 18.2 Å². The molecule has 0 bridgehead atoms. The molecule has 0 radical (unpaired) electrons. The summed E-state index contributed by atoms with van der Waals surface area (Å²) >= 11 is 5.74. The van der Waals surface area contributed by atoms with Crippen LogP contribution in [0.4, 0.5) is 0 Å². The first-order valence-corrected chi connectivity index (χ1v) is 6.09. The topological polar surface area (TPSA) is 46.2 Å². The number of benzene rings is 1. The molecule has 1 aromatic carbocycles. The fourth-order valence-corrected chi connectivity index (χ4v) is 2.48. The van der Waals surface area contributed by atoms with Gasteiger partial charge in [-0.3, -0.25) is 0 Å². The van der Waals surface area contributed by atoms with Gasteiger partial charge >= 0.3 is 0 Å². The van der Waals surface area contributed by atoms with Crippen molar-refractivity contribution in [3.05, 3.63) is 28.8 Å². The van der Waals surface area contributed by atoms with Crippen molar-refractivity contribution in [3.63, 3.8) is 0 Å². The first-order chi connectivity index (χ1) is 6.51. The SMILES string of the molecule is CCc1ccc(Cl)cc1S(=O)(=O)NC. The quantitative estimate of drug-likeness (QED) is 0.866. The summed E-state index contributed by atoms with van der Waals surface area (Å²) in [4.78, 5) is 0.259. The van der Waals surface area contributed by atoms with Crippen molar-refractivity contribution in [3.8, 4) is 0 Å². The highest BCUT2D eigenvalue weighted by atomic mass is 35.5. The summed E-state index contributed by atoms with van der Waals surface area (Å²) in [6, 6.07) is 4.88. The Kier molecular flexibility index (Phi) is 3.53. The number of hydrogen-bond donors (Lipinski definition) is 1. The zero-order valence-corrected chi connectivity index (χ0v) is 9.61. The van der Waals surface area contributed by atoms with Crippen molar-refractivity contribution in [2.24, 2.45) is 0 Å². The molecule has 1 rings (SSSR count). The van der Waals surface area contributed by atoms with Gasteiger partial charge in [-0.15, -0.1) is 0 Å². The molecule has 0 aromatic heterocycles. The van der Waals surface area contributed by atoms with E-state index in [1.54, 1.807) is 12.1 Å². The van der Waals surface area contributed by atoms with E-state index >= 15 is 0 Å². The van der Waals surface area contributed by atoms with Crippen molar-refractivity contribution in [1.82, 2.24) is 4.72 Å². The lowest BCUT2D eigenvalue weighted by Crippen LogP contribution is -2.20. The molecule has 0 atom stereocenters. The molecule has 0 aliphatic rings. The van der Waals surface area contributed by atoms with E-state index < -0.39 is 10.0 Å². The van der Waals surface area contributed by atoms with E-state index in [1.165, 1.54) is 13.1 Å². The van der Waals surface area contributed by atoms with Gasteiger partial charge in [-0.2, -0.15) is 0 Å². The lowest BCUT2D eigenvalue weighted by atomic mass is 10.2. The van der Waals surface area contributed by atoms with Gasteiger partial charge in [0.25, 0.3) is 0 Å². The monoisotopic (exact) mass is 233 g/mol. The highest BCUT2D eigenvalue weighted by molar-refractivity contribution is 7.89. The van der Waals surface area contributed by atoms with Crippen molar-refractivity contribution >= 4 is 21.6 Å². The molecule has 3 nitrogen and oxygen atoms in total. The van der Waals surface area contributed by atoms with Crippen LogP contribution >= 0.6 is 11.6 Å². The molecule has 0 saturated heterocycles. The highest BCUT2D eigenvalue weighted by Crippen LogP contribution is 2.20. The molecular formula is C9H12ClNO2S. The summed E-state index contributed by atoms with van der Waals surface area (Å²) in [5.74, 6) is 0. The third-order valence-electron chi connectivity index (χ3n) is 1.97. The van der Waals surface area contributed by atoms with Crippen molar-refractivity contribution in [2.75, 3.05) is 7.05 Å². The Morgan fingerprint density at radius 1 is 1.43 bits per heavy atom. The van der Waals surface area contributed by atoms with Gasteiger partial charge in [0.05, 0.1) is 4.90 Å². The van der Waals surface area contributed by atoms with Crippen LogP contribution in [-0.4, -0.2) is 15.5 Å². The van der Waals surface area contributed by atoms with E-state index in [4.69, 9.17) is 11.6 Å². The van der Waals surface area contributed by atoms with Gasteiger partial charge in [0.2, 0.25) is 10.0 Å². The molecule has 0 aliphatic carbocycles. The number of rotatable bonds is 3. The van der Waals surface area contributed by atoms with E-state index in [0.29, 0.717) is 11.4 Å². The average molecular weight is 234 g/mol. The third-order valence-corrected chi connectivity index (χ3v) is 3.70. The molecule has 0 fully saturated rings. The van der Waals surface area contributed by atoms with Gasteiger partial charge in [0.1, 0.15) is 0 Å². The number of nitrogens with one attached hydrogen (secondary N) is 1. The molecule has 5 heteroatoms. The Labute approximate surface area is 89.1 Å². The fourth-order valence-electron chi connectivity index (χ4n) is 1.18. The van der Waals surface area contributed by atoms with E-state index in [1.807, 2.05) is 6.92 Å². The maximum absolute atomic E-state index is 11.6. The van der Waals surface area contributed by atoms with Gasteiger partial charge in [-0.25, -0.2) is 13.1 Å². The minimum atomic E-state index is -3.40. The van der Waals surface area contributed by atoms with E-state index in [2.05, 4.69) is 4.72 Å². The largest absolute Gasteiger partial charge is 0.240 e. The van der Waals surface area contributed by atoms with Gasteiger partial charge in [0, 0.05) is 5.02 Å². The summed E-state index contributed by atoms with van der Waals surface area (Å²) in [5, 5.41) is 0.427. The lowest BCUT2D eigenvalue weighted by molar-refractivity contribution is 0.587. The Morgan fingerprint density at radius 2 is 2.07 bits per heavy atom. The van der Waals surface area contributed by atoms with Gasteiger partial charge in [0.15, 0.2) is 0 Å². The second kappa shape index (κ2) is 4.29. The van der Waals surface area contributed by atoms with Gasteiger partial charge in [-0.05, 0) is 31.2 Å². The second-order valence-electron chi connectivity index (χ2n) is 2.81. The number of aryl methyl sites for hydroxylation is 1. The van der Waals surface area contributed by atoms with Crippen LogP contribution in [0.15, 0.2) is 23.1 Å². The van der Waals surface area contributed by atoms with Crippen molar-refractivity contribution in [1.29, 1.82) is 0 Å². The summed E-state index contributed by atoms with van der Waals surface area (Å²) < 4.78 is 25.4. The van der Waals surface area contributed by atoms with Crippen LogP contribution in [0.3, 0.4) is 0 Å². The van der Waals surface area contributed by atoms with Crippen LogP contribution in [0.2, 0.25) is 5.02 Å². The molecule has 0 heterocycles. The molecule has 14 heavy (non-hydrogen) atoms. The second-order valence-corrected chi connectivity index (χ2v) is 5.10. The van der Waals surface area contributed by atoms with Crippen LogP contribution < -0.4 is 4.72 Å². The normalized spacial score (nSPS) is 11.6. The van der Waals surface area contributed by atoms with Crippen LogP contribution in [0.25, 0.3) is 0 Å². The van der Waals surface area contributed by atoms with Gasteiger partial charge < -0.3 is 0 Å². The van der Waals surface area contributed by atoms with Crippen molar-refractivity contribution < 1.29 is 8.42 Å². The molecule has 78 valence electrons. The maximum atomic E-state index is 11.6. The Hall–Kier alpha value is -0.580. The predicted octanol–water partition coefficient (Wildman–Crippen LogP) is 1.81. The Balaban J connectivity index is 3.39. The minimum Gasteiger partial charge on any atom is -0.214 e. The van der Waals surface area contributed by atoms with Crippen LogP contribution in [0, 0.1) is 0 Å². The molecule has 0 aliphatic heterocycles. The van der Waals surface area contributed by atoms with E-state index in [9.17, 15) is 8.42 Å². The Morgan fingerprint density at radius 3 is 2.57 bits per heavy atom. The van der Waals surface area contributed by atoms with Crippen LogP contribution in [0.1, 0.15) is 12.5 Å². The zero-order valence-electron chi connectivity index (χ0n) is 8.04. The molecule has 0 amide bonds. The summed E-state index contributed by atoms with van der Waals surface area (Å²) in [5.41, 5.74) is 0.767. The molecule has 0 unspecified atom stereocenters. The molecule has 1 aromatic rings. The van der Waals surface area contributed by atoms with Gasteiger partial charge in [-0.1, -0.05) is 24.6 Å². The fraction of sp³-hybridized carbons (Fsp3) is 0.333. The van der Waals surface area contributed by atoms with E-state index in [0.717, 1.165) is 5.56 Å². The molecule has 0 spiro atoms. The van der Waals surface area contributed by atoms with E-state index in [-0.39, 0.29) is 4.90 Å². The predicted molar refractivity (Wildman–Crippen MR) is 57.1 cm³/mol. The lowest BCUT2D eigenvalue weighted by Gasteiger charge is -2.08. The average Bonchev–Trinajstić information content (AvgIpc) is 2.18. The first kappa shape index (κ1) is 11.5. The molecular weight excluding hydrogens is 222 g/mol. The zero-order chi connectivity index (χ0) is 10.8. The summed E-state index contributed by atoms with van der Waals surface area (Å²) in [7, 11) is -2.01. The number of sulfonamides is 1. The minimum absolute atomic E-state index is 0.259. The first-order valence-electron chi connectivity index (χ1n) is 4.23. The standard InChI is InChI=1S/C9H12ClNO2S/c1-3-7-4-5-8(10)6-9(7)14(12,13)11-2/h4-6,11H,3H2,1-2H3. The maximum Gasteiger partial charge on any atom is 0.240 e. The number of hydrogen-bond acceptors (Lipinski definition) is 2. The molecule has 1 N–H and O–H groups in total. The number of halogens is 1. The Bertz CT molecular complexity index is 428. The third kappa shape index (κ3) is 2.26. The summed E-state index contributed by atoms with van der Waals surface area (Å²) in [6.07, 6.45) is 0.660. The van der Waals surface area contributed by atoms with Crippen LogP contribution in [-0.2, 0) is 16.4 Å². The molecule has 0 saturated carbocycles. The summed E-state index contributed by atoms with van der Waals surface area (Å²) in [6.45, 7) is 1.90.